The molecule has 0 amide bonds. The first-order valence-electron chi connectivity index (χ1n) is 5.45. The van der Waals surface area contributed by atoms with Gasteiger partial charge in [0.05, 0.1) is 0 Å². The van der Waals surface area contributed by atoms with E-state index in [9.17, 15) is 22.0 Å². The molecule has 0 N–H and O–H groups in total. The van der Waals surface area contributed by atoms with Gasteiger partial charge in [0.15, 0.2) is 5.75 Å². The van der Waals surface area contributed by atoms with Crippen LogP contribution >= 0.6 is 0 Å². The molecule has 21 heavy (non-hydrogen) atoms. The Kier molecular flexibility index (Phi) is 4.03. The first-order chi connectivity index (χ1) is 9.95. The van der Waals surface area contributed by atoms with Crippen molar-refractivity contribution in [2.75, 3.05) is 0 Å². The molecule has 0 aliphatic carbocycles. The zero-order valence-electron chi connectivity index (χ0n) is 10.1. The van der Waals surface area contributed by atoms with Crippen molar-refractivity contribution in [2.45, 2.75) is 6.61 Å². The van der Waals surface area contributed by atoms with Crippen LogP contribution in [-0.2, 0) is 6.61 Å². The minimum Gasteiger partial charge on any atom is -0.483 e. The van der Waals surface area contributed by atoms with E-state index in [1.807, 2.05) is 0 Å². The third-order valence-corrected chi connectivity index (χ3v) is 2.49. The van der Waals surface area contributed by atoms with Crippen molar-refractivity contribution in [3.8, 4) is 11.8 Å². The van der Waals surface area contributed by atoms with Crippen LogP contribution in [0, 0.1) is 40.4 Å². The summed E-state index contributed by atoms with van der Waals surface area (Å²) >= 11 is 0. The summed E-state index contributed by atoms with van der Waals surface area (Å²) in [6.07, 6.45) is 1.25. The summed E-state index contributed by atoms with van der Waals surface area (Å²) in [6, 6.07) is 4.35. The minimum absolute atomic E-state index is 0.0218. The fraction of sp³-hybridized carbons (Fsp3) is 0.0769. The molecule has 0 saturated heterocycles. The highest BCUT2D eigenvalue weighted by atomic mass is 19.2. The Morgan fingerprint density at radius 2 is 1.57 bits per heavy atom. The van der Waals surface area contributed by atoms with Gasteiger partial charge in [0.2, 0.25) is 29.1 Å². The smallest absolute Gasteiger partial charge is 0.207 e. The quantitative estimate of drug-likeness (QED) is 0.496. The van der Waals surface area contributed by atoms with Gasteiger partial charge in [-0.15, -0.1) is 0 Å². The Morgan fingerprint density at radius 1 is 1.00 bits per heavy atom. The van der Waals surface area contributed by atoms with Crippen molar-refractivity contribution in [3.63, 3.8) is 0 Å². The Labute approximate surface area is 115 Å². The Bertz CT molecular complexity index is 713. The highest BCUT2D eigenvalue weighted by Gasteiger charge is 2.27. The van der Waals surface area contributed by atoms with Crippen LogP contribution in [0.5, 0.6) is 5.75 Å². The van der Waals surface area contributed by atoms with Gasteiger partial charge in [0.1, 0.15) is 18.4 Å². The lowest BCUT2D eigenvalue weighted by atomic mass is 10.2. The number of nitrogens with zero attached hydrogens (tertiary/aromatic N) is 2. The molecule has 2 rings (SSSR count). The molecule has 0 aliphatic rings. The SMILES string of the molecule is N#Cc1cc(COc2c(F)c(F)c(F)c(F)c2F)ccn1. The monoisotopic (exact) mass is 300 g/mol. The Hall–Kier alpha value is -2.69. The van der Waals surface area contributed by atoms with Crippen molar-refractivity contribution in [2.24, 2.45) is 0 Å². The molecule has 0 saturated carbocycles. The zero-order chi connectivity index (χ0) is 15.6. The van der Waals surface area contributed by atoms with Gasteiger partial charge in [-0.3, -0.25) is 0 Å². The number of rotatable bonds is 3. The van der Waals surface area contributed by atoms with Crippen LogP contribution in [0.2, 0.25) is 0 Å². The second-order valence-corrected chi connectivity index (χ2v) is 3.85. The molecule has 0 spiro atoms. The van der Waals surface area contributed by atoms with Gasteiger partial charge in [0.25, 0.3) is 0 Å². The lowest BCUT2D eigenvalue weighted by Crippen LogP contribution is -2.07. The molecular formula is C13H5F5N2O. The number of hydrogen-bond acceptors (Lipinski definition) is 3. The molecule has 108 valence electrons. The fourth-order valence-electron chi connectivity index (χ4n) is 1.49. The summed E-state index contributed by atoms with van der Waals surface area (Å²) in [7, 11) is 0. The number of ether oxygens (including phenoxy) is 1. The average Bonchev–Trinajstić information content (AvgIpc) is 2.51. The van der Waals surface area contributed by atoms with Gasteiger partial charge in [-0.1, -0.05) is 0 Å². The molecule has 1 heterocycles. The van der Waals surface area contributed by atoms with Crippen LogP contribution in [0.4, 0.5) is 22.0 Å². The maximum absolute atomic E-state index is 13.3. The second-order valence-electron chi connectivity index (χ2n) is 3.85. The summed E-state index contributed by atoms with van der Waals surface area (Å²) in [5, 5.41) is 8.62. The third-order valence-electron chi connectivity index (χ3n) is 2.49. The van der Waals surface area contributed by atoms with Crippen molar-refractivity contribution >= 4 is 0 Å². The van der Waals surface area contributed by atoms with Crippen LogP contribution in [-0.4, -0.2) is 4.98 Å². The molecule has 0 unspecified atom stereocenters. The summed E-state index contributed by atoms with van der Waals surface area (Å²) in [4.78, 5) is 3.65. The summed E-state index contributed by atoms with van der Waals surface area (Å²) < 4.78 is 70.1. The van der Waals surface area contributed by atoms with Gasteiger partial charge < -0.3 is 4.74 Å². The Morgan fingerprint density at radius 3 is 2.14 bits per heavy atom. The van der Waals surface area contributed by atoms with Crippen molar-refractivity contribution in [3.05, 3.63) is 58.7 Å². The maximum atomic E-state index is 13.3. The van der Waals surface area contributed by atoms with Gasteiger partial charge in [0, 0.05) is 6.20 Å². The molecule has 1 aromatic heterocycles. The van der Waals surface area contributed by atoms with Gasteiger partial charge >= 0.3 is 0 Å². The lowest BCUT2D eigenvalue weighted by molar-refractivity contribution is 0.253. The van der Waals surface area contributed by atoms with E-state index in [2.05, 4.69) is 9.72 Å². The van der Waals surface area contributed by atoms with E-state index in [-0.39, 0.29) is 11.3 Å². The van der Waals surface area contributed by atoms with Crippen LogP contribution in [0.25, 0.3) is 0 Å². The van der Waals surface area contributed by atoms with Crippen molar-refractivity contribution in [1.29, 1.82) is 5.26 Å². The van der Waals surface area contributed by atoms with E-state index in [1.54, 1.807) is 6.07 Å². The van der Waals surface area contributed by atoms with E-state index < -0.39 is 41.4 Å². The van der Waals surface area contributed by atoms with E-state index in [1.165, 1.54) is 18.3 Å². The number of benzene rings is 1. The maximum Gasteiger partial charge on any atom is 0.207 e. The number of pyridine rings is 1. The standard InChI is InChI=1S/C13H5F5N2O/c14-8-9(15)11(17)13(12(18)10(8)16)21-5-6-1-2-20-7(3-6)4-19/h1-3H,5H2. The van der Waals surface area contributed by atoms with Crippen molar-refractivity contribution < 1.29 is 26.7 Å². The summed E-state index contributed by atoms with van der Waals surface area (Å²) in [5.41, 5.74) is 0.305. The molecule has 0 atom stereocenters. The molecule has 0 aliphatic heterocycles. The lowest BCUT2D eigenvalue weighted by Gasteiger charge is -2.10. The molecule has 0 fully saturated rings. The summed E-state index contributed by atoms with van der Waals surface area (Å²) in [5.74, 6) is -11.9. The number of hydrogen-bond donors (Lipinski definition) is 0. The first kappa shape index (κ1) is 14.7. The first-order valence-corrected chi connectivity index (χ1v) is 5.45. The van der Waals surface area contributed by atoms with E-state index in [0.29, 0.717) is 0 Å². The van der Waals surface area contributed by atoms with Crippen LogP contribution in [0.3, 0.4) is 0 Å². The molecule has 3 nitrogen and oxygen atoms in total. The molecule has 1 aromatic carbocycles. The van der Waals surface area contributed by atoms with Crippen molar-refractivity contribution in [1.82, 2.24) is 4.98 Å². The second kappa shape index (κ2) is 5.75. The largest absolute Gasteiger partial charge is 0.483 e. The molecule has 0 radical (unpaired) electrons. The topological polar surface area (TPSA) is 45.9 Å². The average molecular weight is 300 g/mol. The van der Waals surface area contributed by atoms with Crippen LogP contribution in [0.1, 0.15) is 11.3 Å². The molecule has 8 heteroatoms. The van der Waals surface area contributed by atoms with Gasteiger partial charge in [-0.05, 0) is 17.7 Å². The normalized spacial score (nSPS) is 10.3. The minimum atomic E-state index is -2.26. The number of halogens is 5. The highest BCUT2D eigenvalue weighted by Crippen LogP contribution is 2.29. The third kappa shape index (κ3) is 2.76. The predicted octanol–water partition coefficient (Wildman–Crippen LogP) is 3.23. The Balaban J connectivity index is 2.30. The molecule has 0 bridgehead atoms. The van der Waals surface area contributed by atoms with Crippen LogP contribution < -0.4 is 4.74 Å². The van der Waals surface area contributed by atoms with Gasteiger partial charge in [-0.25, -0.2) is 18.2 Å². The molecular weight excluding hydrogens is 295 g/mol. The molecule has 2 aromatic rings. The van der Waals surface area contributed by atoms with Gasteiger partial charge in [-0.2, -0.15) is 14.0 Å². The number of nitriles is 1. The van der Waals surface area contributed by atoms with E-state index in [4.69, 9.17) is 5.26 Å². The zero-order valence-corrected chi connectivity index (χ0v) is 10.1. The number of aromatic nitrogens is 1. The van der Waals surface area contributed by atoms with E-state index in [0.717, 1.165) is 0 Å². The fourth-order valence-corrected chi connectivity index (χ4v) is 1.49. The van der Waals surface area contributed by atoms with E-state index >= 15 is 0 Å². The predicted molar refractivity (Wildman–Crippen MR) is 59.5 cm³/mol. The summed E-state index contributed by atoms with van der Waals surface area (Å²) in [6.45, 7) is -0.491. The van der Waals surface area contributed by atoms with Crippen LogP contribution in [0.15, 0.2) is 18.3 Å². The highest BCUT2D eigenvalue weighted by molar-refractivity contribution is 5.31.